The molecule has 5 nitrogen and oxygen atoms in total. The van der Waals surface area contributed by atoms with Gasteiger partial charge in [0.2, 0.25) is 0 Å². The first-order valence-electron chi connectivity index (χ1n) is 6.41. The molecule has 1 aromatic heterocycles. The van der Waals surface area contributed by atoms with E-state index in [0.29, 0.717) is 6.54 Å². The fraction of sp³-hybridized carbons (Fsp3) is 0.615. The predicted molar refractivity (Wildman–Crippen MR) is 73.5 cm³/mol. The lowest BCUT2D eigenvalue weighted by Crippen LogP contribution is -2.28. The molecule has 1 heterocycles. The zero-order chi connectivity index (χ0) is 13.4. The van der Waals surface area contributed by atoms with Crippen LogP contribution >= 0.6 is 0 Å². The fourth-order valence-corrected chi connectivity index (χ4v) is 1.63. The third-order valence-corrected chi connectivity index (χ3v) is 2.63. The first-order valence-corrected chi connectivity index (χ1v) is 6.41. The lowest BCUT2D eigenvalue weighted by Gasteiger charge is -2.23. The van der Waals surface area contributed by atoms with Crippen molar-refractivity contribution >= 4 is 11.6 Å². The summed E-state index contributed by atoms with van der Waals surface area (Å²) in [5.74, 6) is 1.70. The monoisotopic (exact) mass is 247 g/mol. The topological polar surface area (TPSA) is 64.8 Å². The first kappa shape index (κ1) is 14.2. The summed E-state index contributed by atoms with van der Waals surface area (Å²) in [4.78, 5) is 10.5. The molecule has 5 heteroatoms. The summed E-state index contributed by atoms with van der Waals surface area (Å²) < 4.78 is 0. The van der Waals surface area contributed by atoms with Gasteiger partial charge in [0.05, 0.1) is 12.0 Å². The minimum absolute atomic E-state index is 0.00744. The highest BCUT2D eigenvalue weighted by Gasteiger charge is 2.10. The Hall–Kier alpha value is -1.83. The van der Waals surface area contributed by atoms with Crippen molar-refractivity contribution < 1.29 is 0 Å². The number of nitrogens with zero attached hydrogens (tertiary/aromatic N) is 4. The van der Waals surface area contributed by atoms with Crippen molar-refractivity contribution in [3.63, 3.8) is 0 Å². The van der Waals surface area contributed by atoms with Gasteiger partial charge in [0.15, 0.2) is 0 Å². The molecule has 0 saturated heterocycles. The number of hydrogen-bond acceptors (Lipinski definition) is 5. The molecule has 0 fully saturated rings. The van der Waals surface area contributed by atoms with Crippen LogP contribution in [0.25, 0.3) is 0 Å². The van der Waals surface area contributed by atoms with Crippen LogP contribution in [0.1, 0.15) is 27.2 Å². The van der Waals surface area contributed by atoms with Crippen molar-refractivity contribution in [3.8, 4) is 6.07 Å². The van der Waals surface area contributed by atoms with Crippen molar-refractivity contribution in [1.29, 1.82) is 5.26 Å². The Morgan fingerprint density at radius 1 is 1.44 bits per heavy atom. The highest BCUT2D eigenvalue weighted by Crippen LogP contribution is 2.15. The van der Waals surface area contributed by atoms with Crippen LogP contribution in [0.3, 0.4) is 0 Å². The third kappa shape index (κ3) is 4.21. The zero-order valence-electron chi connectivity index (χ0n) is 11.3. The Bertz CT molecular complexity index is 399. The van der Waals surface area contributed by atoms with Crippen LogP contribution in [0.15, 0.2) is 12.4 Å². The molecule has 0 amide bonds. The van der Waals surface area contributed by atoms with Gasteiger partial charge in [-0.2, -0.15) is 5.26 Å². The van der Waals surface area contributed by atoms with E-state index in [-0.39, 0.29) is 5.92 Å². The summed E-state index contributed by atoms with van der Waals surface area (Å²) >= 11 is 0. The van der Waals surface area contributed by atoms with Gasteiger partial charge in [0.25, 0.3) is 0 Å². The maximum absolute atomic E-state index is 8.88. The van der Waals surface area contributed by atoms with Crippen LogP contribution in [0.4, 0.5) is 11.6 Å². The molecule has 1 aromatic rings. The average molecular weight is 247 g/mol. The van der Waals surface area contributed by atoms with Crippen LogP contribution in [0.2, 0.25) is 0 Å². The molecular formula is C13H21N5. The molecule has 0 bridgehead atoms. The Morgan fingerprint density at radius 2 is 2.22 bits per heavy atom. The molecule has 0 spiro atoms. The van der Waals surface area contributed by atoms with E-state index in [1.165, 1.54) is 0 Å². The second-order valence-corrected chi connectivity index (χ2v) is 4.26. The Balaban J connectivity index is 2.76. The van der Waals surface area contributed by atoms with E-state index in [4.69, 9.17) is 5.26 Å². The van der Waals surface area contributed by atoms with Gasteiger partial charge in [0, 0.05) is 25.7 Å². The van der Waals surface area contributed by atoms with E-state index in [1.807, 2.05) is 13.0 Å². The first-order chi connectivity index (χ1) is 8.71. The van der Waals surface area contributed by atoms with Crippen molar-refractivity contribution in [3.05, 3.63) is 12.4 Å². The Kier molecular flexibility index (Phi) is 5.92. The van der Waals surface area contributed by atoms with Gasteiger partial charge in [-0.15, -0.1) is 0 Å². The number of nitrogens with one attached hydrogen (secondary N) is 1. The van der Waals surface area contributed by atoms with Gasteiger partial charge >= 0.3 is 0 Å². The molecule has 0 aliphatic heterocycles. The van der Waals surface area contributed by atoms with E-state index in [9.17, 15) is 0 Å². The molecule has 0 saturated carbocycles. The Morgan fingerprint density at radius 3 is 2.83 bits per heavy atom. The molecule has 0 aliphatic rings. The number of hydrogen-bond donors (Lipinski definition) is 1. The largest absolute Gasteiger partial charge is 0.370 e. The second kappa shape index (κ2) is 7.49. The number of anilines is 2. The van der Waals surface area contributed by atoms with Gasteiger partial charge in [0.1, 0.15) is 18.0 Å². The molecule has 0 aromatic carbocycles. The van der Waals surface area contributed by atoms with Crippen molar-refractivity contribution in [2.45, 2.75) is 27.2 Å². The molecule has 0 aliphatic carbocycles. The van der Waals surface area contributed by atoms with E-state index in [0.717, 1.165) is 31.1 Å². The predicted octanol–water partition coefficient (Wildman–Crippen LogP) is 2.28. The van der Waals surface area contributed by atoms with Gasteiger partial charge in [-0.25, -0.2) is 9.97 Å². The summed E-state index contributed by atoms with van der Waals surface area (Å²) in [5.41, 5.74) is 0. The van der Waals surface area contributed by atoms with Crippen LogP contribution in [-0.2, 0) is 0 Å². The molecule has 0 radical (unpaired) electrons. The summed E-state index contributed by atoms with van der Waals surface area (Å²) in [6.45, 7) is 8.51. The third-order valence-electron chi connectivity index (χ3n) is 2.63. The van der Waals surface area contributed by atoms with E-state index < -0.39 is 0 Å². The lowest BCUT2D eigenvalue weighted by molar-refractivity contribution is 0.678. The van der Waals surface area contributed by atoms with Crippen LogP contribution < -0.4 is 10.2 Å². The quantitative estimate of drug-likeness (QED) is 0.800. The summed E-state index contributed by atoms with van der Waals surface area (Å²) in [6, 6.07) is 4.18. The van der Waals surface area contributed by atoms with Crippen LogP contribution in [-0.4, -0.2) is 29.6 Å². The maximum Gasteiger partial charge on any atom is 0.134 e. The minimum Gasteiger partial charge on any atom is -0.370 e. The van der Waals surface area contributed by atoms with Crippen molar-refractivity contribution in [2.75, 3.05) is 29.9 Å². The summed E-state index contributed by atoms with van der Waals surface area (Å²) in [5, 5.41) is 12.1. The Labute approximate surface area is 109 Å². The number of aromatic nitrogens is 2. The molecule has 1 N–H and O–H groups in total. The molecule has 98 valence electrons. The minimum atomic E-state index is -0.00744. The standard InChI is InChI=1S/C13H21N5/c1-4-6-15-12-7-13(17-10-16-12)18(5-2)9-11(3)8-14/h7,10-11H,4-6,9H2,1-3H3,(H,15,16,17). The lowest BCUT2D eigenvalue weighted by atomic mass is 10.2. The smallest absolute Gasteiger partial charge is 0.134 e. The van der Waals surface area contributed by atoms with Gasteiger partial charge in [-0.3, -0.25) is 0 Å². The van der Waals surface area contributed by atoms with Crippen LogP contribution in [0, 0.1) is 17.2 Å². The highest BCUT2D eigenvalue weighted by molar-refractivity contribution is 5.48. The summed E-state index contributed by atoms with van der Waals surface area (Å²) in [6.07, 6.45) is 2.62. The maximum atomic E-state index is 8.88. The average Bonchev–Trinajstić information content (AvgIpc) is 2.42. The molecule has 18 heavy (non-hydrogen) atoms. The van der Waals surface area contributed by atoms with Crippen LogP contribution in [0.5, 0.6) is 0 Å². The highest BCUT2D eigenvalue weighted by atomic mass is 15.2. The summed E-state index contributed by atoms with van der Waals surface area (Å²) in [7, 11) is 0. The van der Waals surface area contributed by atoms with Gasteiger partial charge in [-0.1, -0.05) is 6.92 Å². The van der Waals surface area contributed by atoms with E-state index >= 15 is 0 Å². The zero-order valence-corrected chi connectivity index (χ0v) is 11.3. The number of rotatable bonds is 7. The molecule has 1 rings (SSSR count). The SMILES string of the molecule is CCCNc1cc(N(CC)CC(C)C#N)ncn1. The molecular weight excluding hydrogens is 226 g/mol. The van der Waals surface area contributed by atoms with Gasteiger partial charge in [-0.05, 0) is 20.3 Å². The fourth-order valence-electron chi connectivity index (χ4n) is 1.63. The van der Waals surface area contributed by atoms with Crippen molar-refractivity contribution in [1.82, 2.24) is 9.97 Å². The van der Waals surface area contributed by atoms with E-state index in [1.54, 1.807) is 6.33 Å². The normalized spacial score (nSPS) is 11.7. The second-order valence-electron chi connectivity index (χ2n) is 4.26. The van der Waals surface area contributed by atoms with E-state index in [2.05, 4.69) is 40.1 Å². The van der Waals surface area contributed by atoms with Crippen molar-refractivity contribution in [2.24, 2.45) is 5.92 Å². The molecule has 1 atom stereocenters. The molecule has 1 unspecified atom stereocenters. The van der Waals surface area contributed by atoms with Gasteiger partial charge < -0.3 is 10.2 Å². The number of nitriles is 1.